The van der Waals surface area contributed by atoms with E-state index in [4.69, 9.17) is 17.0 Å². The highest BCUT2D eigenvalue weighted by Gasteiger charge is 2.20. The normalized spacial score (nSPS) is 11.7. The number of nitrogens with one attached hydrogen (secondary N) is 2. The van der Waals surface area contributed by atoms with Gasteiger partial charge in [0.25, 0.3) is 0 Å². The standard InChI is InChI=1S/C22H26N4O2S2/c1-5-26-13-14(3)19(25-26)15(4)23-22(29)24-20-17(21(27)28-6-2)12-18(30-20)16-10-8-7-9-11-16/h7-13,15H,5-6H2,1-4H3,(H2,23,24,29)/t15-/m0/s1. The predicted octanol–water partition coefficient (Wildman–Crippen LogP) is 5.16. The maximum Gasteiger partial charge on any atom is 0.341 e. The highest BCUT2D eigenvalue weighted by molar-refractivity contribution is 7.80. The fraction of sp³-hybridized carbons (Fsp3) is 0.318. The van der Waals surface area contributed by atoms with Crippen LogP contribution in [0.5, 0.6) is 0 Å². The largest absolute Gasteiger partial charge is 0.462 e. The average Bonchev–Trinajstić information content (AvgIpc) is 3.32. The van der Waals surface area contributed by atoms with Crippen LogP contribution in [0.4, 0.5) is 5.00 Å². The zero-order valence-corrected chi connectivity index (χ0v) is 19.2. The second kappa shape index (κ2) is 9.86. The molecule has 2 N–H and O–H groups in total. The van der Waals surface area contributed by atoms with Crippen LogP contribution < -0.4 is 10.6 Å². The van der Waals surface area contributed by atoms with E-state index < -0.39 is 0 Å². The first-order valence-corrected chi connectivity index (χ1v) is 11.1. The van der Waals surface area contributed by atoms with Gasteiger partial charge in [0.1, 0.15) is 5.00 Å². The molecule has 0 aliphatic carbocycles. The summed E-state index contributed by atoms with van der Waals surface area (Å²) >= 11 is 6.99. The lowest BCUT2D eigenvalue weighted by Gasteiger charge is -2.16. The van der Waals surface area contributed by atoms with Gasteiger partial charge in [0, 0.05) is 17.6 Å². The van der Waals surface area contributed by atoms with Crippen LogP contribution in [0.25, 0.3) is 10.4 Å². The van der Waals surface area contributed by atoms with Crippen molar-refractivity contribution >= 4 is 39.6 Å². The molecule has 8 heteroatoms. The number of thiocarbonyl (C=S) groups is 1. The number of rotatable bonds is 7. The van der Waals surface area contributed by atoms with Crippen LogP contribution in [0.1, 0.15) is 48.4 Å². The van der Waals surface area contributed by atoms with E-state index in [1.807, 2.05) is 61.1 Å². The first-order chi connectivity index (χ1) is 14.4. The van der Waals surface area contributed by atoms with Gasteiger partial charge >= 0.3 is 5.97 Å². The Morgan fingerprint density at radius 2 is 2.03 bits per heavy atom. The maximum atomic E-state index is 12.5. The number of anilines is 1. The smallest absolute Gasteiger partial charge is 0.341 e. The summed E-state index contributed by atoms with van der Waals surface area (Å²) < 4.78 is 7.14. The number of aryl methyl sites for hydroxylation is 2. The van der Waals surface area contributed by atoms with Gasteiger partial charge in [0.15, 0.2) is 5.11 Å². The Morgan fingerprint density at radius 3 is 2.67 bits per heavy atom. The summed E-state index contributed by atoms with van der Waals surface area (Å²) in [5.41, 5.74) is 3.56. The molecule has 30 heavy (non-hydrogen) atoms. The number of carbonyl (C=O) groups excluding carboxylic acids is 1. The van der Waals surface area contributed by atoms with Crippen molar-refractivity contribution in [3.63, 3.8) is 0 Å². The van der Waals surface area contributed by atoms with Gasteiger partial charge in [-0.3, -0.25) is 4.68 Å². The van der Waals surface area contributed by atoms with Crippen LogP contribution in [0.15, 0.2) is 42.6 Å². The fourth-order valence-corrected chi connectivity index (χ4v) is 4.52. The topological polar surface area (TPSA) is 68.2 Å². The van der Waals surface area contributed by atoms with Crippen molar-refractivity contribution in [2.75, 3.05) is 11.9 Å². The molecule has 0 amide bonds. The molecule has 3 aromatic rings. The predicted molar refractivity (Wildman–Crippen MR) is 126 cm³/mol. The molecule has 2 heterocycles. The number of nitrogens with zero attached hydrogens (tertiary/aromatic N) is 2. The molecular formula is C22H26N4O2S2. The Labute approximate surface area is 186 Å². The maximum absolute atomic E-state index is 12.5. The summed E-state index contributed by atoms with van der Waals surface area (Å²) in [7, 11) is 0. The van der Waals surface area contributed by atoms with E-state index in [0.717, 1.165) is 28.2 Å². The third-order valence-electron chi connectivity index (χ3n) is 4.58. The highest BCUT2D eigenvalue weighted by atomic mass is 32.1. The first-order valence-electron chi connectivity index (χ1n) is 9.90. The van der Waals surface area contributed by atoms with Gasteiger partial charge in [0.2, 0.25) is 0 Å². The molecule has 0 spiro atoms. The van der Waals surface area contributed by atoms with Crippen molar-refractivity contribution in [1.82, 2.24) is 15.1 Å². The Morgan fingerprint density at radius 1 is 1.30 bits per heavy atom. The monoisotopic (exact) mass is 442 g/mol. The highest BCUT2D eigenvalue weighted by Crippen LogP contribution is 2.36. The first kappa shape index (κ1) is 22.0. The van der Waals surface area contributed by atoms with E-state index >= 15 is 0 Å². The summed E-state index contributed by atoms with van der Waals surface area (Å²) in [6.45, 7) is 9.02. The molecule has 0 unspecified atom stereocenters. The average molecular weight is 443 g/mol. The Balaban J connectivity index is 1.80. The number of aromatic nitrogens is 2. The van der Waals surface area contributed by atoms with Crippen molar-refractivity contribution in [1.29, 1.82) is 0 Å². The molecule has 0 saturated carbocycles. The van der Waals surface area contributed by atoms with E-state index in [1.54, 1.807) is 6.92 Å². The Hall–Kier alpha value is -2.71. The Kier molecular flexibility index (Phi) is 7.23. The van der Waals surface area contributed by atoms with Crippen molar-refractivity contribution < 1.29 is 9.53 Å². The lowest BCUT2D eigenvalue weighted by molar-refractivity contribution is 0.0528. The molecule has 0 aliphatic heterocycles. The third kappa shape index (κ3) is 5.06. The summed E-state index contributed by atoms with van der Waals surface area (Å²) in [6, 6.07) is 11.7. The minimum Gasteiger partial charge on any atom is -0.462 e. The van der Waals surface area contributed by atoms with E-state index in [2.05, 4.69) is 22.7 Å². The number of benzene rings is 1. The van der Waals surface area contributed by atoms with Crippen LogP contribution in [-0.4, -0.2) is 27.5 Å². The van der Waals surface area contributed by atoms with E-state index in [1.165, 1.54) is 11.3 Å². The molecule has 1 atom stereocenters. The lowest BCUT2D eigenvalue weighted by atomic mass is 10.1. The van der Waals surface area contributed by atoms with Crippen molar-refractivity contribution in [2.45, 2.75) is 40.3 Å². The van der Waals surface area contributed by atoms with E-state index in [0.29, 0.717) is 22.3 Å². The van der Waals surface area contributed by atoms with E-state index in [-0.39, 0.29) is 12.0 Å². The molecule has 1 aromatic carbocycles. The molecule has 0 bridgehead atoms. The van der Waals surface area contributed by atoms with Gasteiger partial charge in [0.05, 0.1) is 23.9 Å². The molecule has 158 valence electrons. The fourth-order valence-electron chi connectivity index (χ4n) is 3.12. The number of esters is 1. The minimum atomic E-state index is -0.369. The number of carbonyl (C=O) groups is 1. The van der Waals surface area contributed by atoms with Crippen molar-refractivity contribution in [3.8, 4) is 10.4 Å². The van der Waals surface area contributed by atoms with Gasteiger partial charge in [-0.2, -0.15) is 5.10 Å². The molecule has 3 rings (SSSR count). The van der Waals surface area contributed by atoms with E-state index in [9.17, 15) is 4.79 Å². The summed E-state index contributed by atoms with van der Waals surface area (Å²) in [6.07, 6.45) is 2.02. The van der Waals surface area contributed by atoms with Crippen LogP contribution in [-0.2, 0) is 11.3 Å². The second-order valence-electron chi connectivity index (χ2n) is 6.81. The van der Waals surface area contributed by atoms with Crippen molar-refractivity contribution in [3.05, 3.63) is 59.4 Å². The quantitative estimate of drug-likeness (QED) is 0.389. The molecule has 6 nitrogen and oxygen atoms in total. The number of thiophene rings is 1. The molecule has 0 saturated heterocycles. The second-order valence-corrected chi connectivity index (χ2v) is 8.27. The molecule has 0 aliphatic rings. The van der Waals surface area contributed by atoms with Crippen LogP contribution in [0.3, 0.4) is 0 Å². The summed E-state index contributed by atoms with van der Waals surface area (Å²) in [4.78, 5) is 13.5. The van der Waals surface area contributed by atoms with Gasteiger partial charge < -0.3 is 15.4 Å². The van der Waals surface area contributed by atoms with Gasteiger partial charge in [-0.25, -0.2) is 4.79 Å². The van der Waals surface area contributed by atoms with Gasteiger partial charge in [-0.1, -0.05) is 30.3 Å². The summed E-state index contributed by atoms with van der Waals surface area (Å²) in [5.74, 6) is -0.369. The molecule has 0 fully saturated rings. The Bertz CT molecular complexity index is 1030. The molecule has 0 radical (unpaired) electrons. The number of hydrogen-bond donors (Lipinski definition) is 2. The number of hydrogen-bond acceptors (Lipinski definition) is 5. The molecule has 2 aromatic heterocycles. The van der Waals surface area contributed by atoms with Crippen LogP contribution in [0, 0.1) is 6.92 Å². The zero-order chi connectivity index (χ0) is 21.7. The number of ether oxygens (including phenoxy) is 1. The van der Waals surface area contributed by atoms with Gasteiger partial charge in [-0.05, 0) is 57.1 Å². The molecular weight excluding hydrogens is 416 g/mol. The zero-order valence-electron chi connectivity index (χ0n) is 17.6. The van der Waals surface area contributed by atoms with Crippen molar-refractivity contribution in [2.24, 2.45) is 0 Å². The SMILES string of the molecule is CCOC(=O)c1cc(-c2ccccc2)sc1NC(=S)N[C@@H](C)c1nn(CC)cc1C. The third-order valence-corrected chi connectivity index (χ3v) is 5.90. The van der Waals surface area contributed by atoms with Crippen LogP contribution >= 0.6 is 23.6 Å². The van der Waals surface area contributed by atoms with Gasteiger partial charge in [-0.15, -0.1) is 11.3 Å². The minimum absolute atomic E-state index is 0.0719. The van der Waals surface area contributed by atoms with Crippen LogP contribution in [0.2, 0.25) is 0 Å². The lowest BCUT2D eigenvalue weighted by Crippen LogP contribution is -2.31. The summed E-state index contributed by atoms with van der Waals surface area (Å²) in [5, 5.41) is 12.1.